The molecule has 2 nitrogen and oxygen atoms in total. The fourth-order valence-corrected chi connectivity index (χ4v) is 0.981. The Morgan fingerprint density at radius 3 is 2.25 bits per heavy atom. The quantitative estimate of drug-likeness (QED) is 0.746. The van der Waals surface area contributed by atoms with Gasteiger partial charge in [0.15, 0.2) is 0 Å². The first kappa shape index (κ1) is 12.3. The predicted octanol–water partition coefficient (Wildman–Crippen LogP) is 2.84. The zero-order valence-electron chi connectivity index (χ0n) is 8.41. The standard InChI is InChI=1S/C11H9F3O2/c1-16-9-5-2-8(3-6-9)4-7-10(15)11(12,13)14/h2-7H,1H3/b7-4-. The highest BCUT2D eigenvalue weighted by atomic mass is 19.4. The summed E-state index contributed by atoms with van der Waals surface area (Å²) in [5.41, 5.74) is 0.499. The molecule has 5 heteroatoms. The molecule has 0 aliphatic rings. The minimum Gasteiger partial charge on any atom is -0.497 e. The lowest BCUT2D eigenvalue weighted by molar-refractivity contribution is -0.165. The van der Waals surface area contributed by atoms with E-state index < -0.39 is 12.0 Å². The summed E-state index contributed by atoms with van der Waals surface area (Å²) in [6.45, 7) is 0. The van der Waals surface area contributed by atoms with Crippen LogP contribution in [0.4, 0.5) is 13.2 Å². The van der Waals surface area contributed by atoms with Gasteiger partial charge in [0.1, 0.15) is 5.75 Å². The van der Waals surface area contributed by atoms with E-state index in [9.17, 15) is 18.0 Å². The molecule has 0 aliphatic heterocycles. The predicted molar refractivity (Wildman–Crippen MR) is 53.1 cm³/mol. The Labute approximate surface area is 90.3 Å². The first-order valence-electron chi connectivity index (χ1n) is 4.37. The molecule has 0 N–H and O–H groups in total. The lowest BCUT2D eigenvalue weighted by atomic mass is 10.2. The van der Waals surface area contributed by atoms with E-state index in [2.05, 4.69) is 0 Å². The number of ketones is 1. The molecule has 16 heavy (non-hydrogen) atoms. The third-order valence-electron chi connectivity index (χ3n) is 1.82. The Hall–Kier alpha value is -1.78. The van der Waals surface area contributed by atoms with Crippen LogP contribution in [0.3, 0.4) is 0 Å². The third-order valence-corrected chi connectivity index (χ3v) is 1.82. The maximum absolute atomic E-state index is 11.8. The first-order chi connectivity index (χ1) is 7.43. The van der Waals surface area contributed by atoms with Gasteiger partial charge in [0.25, 0.3) is 5.78 Å². The summed E-state index contributed by atoms with van der Waals surface area (Å²) in [4.78, 5) is 10.5. The molecule has 0 spiro atoms. The molecule has 0 atom stereocenters. The number of methoxy groups -OCH3 is 1. The van der Waals surface area contributed by atoms with E-state index in [1.54, 1.807) is 24.3 Å². The van der Waals surface area contributed by atoms with Gasteiger partial charge in [-0.1, -0.05) is 18.2 Å². The van der Waals surface area contributed by atoms with E-state index in [0.29, 0.717) is 17.4 Å². The van der Waals surface area contributed by atoms with Crippen LogP contribution in [0.1, 0.15) is 5.56 Å². The monoisotopic (exact) mass is 230 g/mol. The van der Waals surface area contributed by atoms with Crippen molar-refractivity contribution in [2.24, 2.45) is 0 Å². The van der Waals surface area contributed by atoms with Crippen molar-refractivity contribution in [1.29, 1.82) is 0 Å². The van der Waals surface area contributed by atoms with E-state index in [1.165, 1.54) is 7.11 Å². The van der Waals surface area contributed by atoms with E-state index in [0.717, 1.165) is 6.08 Å². The molecule has 0 saturated carbocycles. The number of rotatable bonds is 3. The number of halogens is 3. The molecule has 0 heterocycles. The van der Waals surface area contributed by atoms with Gasteiger partial charge >= 0.3 is 6.18 Å². The van der Waals surface area contributed by atoms with Crippen LogP contribution in [0, 0.1) is 0 Å². The molecule has 86 valence electrons. The van der Waals surface area contributed by atoms with Crippen LogP contribution < -0.4 is 4.74 Å². The molecule has 1 aromatic carbocycles. The third kappa shape index (κ3) is 3.42. The minimum absolute atomic E-state index is 0.499. The lowest BCUT2D eigenvalue weighted by Crippen LogP contribution is -2.19. The number of allylic oxidation sites excluding steroid dienone is 1. The summed E-state index contributed by atoms with van der Waals surface area (Å²) < 4.78 is 40.4. The van der Waals surface area contributed by atoms with E-state index in [4.69, 9.17) is 4.74 Å². The van der Waals surface area contributed by atoms with Gasteiger partial charge in [0, 0.05) is 0 Å². The van der Waals surface area contributed by atoms with Gasteiger partial charge in [-0.2, -0.15) is 13.2 Å². The fourth-order valence-electron chi connectivity index (χ4n) is 0.981. The molecule has 0 radical (unpaired) electrons. The molecule has 1 aromatic rings. The number of hydrogen-bond acceptors (Lipinski definition) is 2. The van der Waals surface area contributed by atoms with Crippen LogP contribution in [-0.4, -0.2) is 19.1 Å². The maximum atomic E-state index is 11.8. The van der Waals surface area contributed by atoms with Crippen LogP contribution in [0.2, 0.25) is 0 Å². The van der Waals surface area contributed by atoms with Gasteiger partial charge in [-0.3, -0.25) is 4.79 Å². The topological polar surface area (TPSA) is 26.3 Å². The number of hydrogen-bond donors (Lipinski definition) is 0. The maximum Gasteiger partial charge on any atom is 0.454 e. The molecule has 0 amide bonds. The highest BCUT2D eigenvalue weighted by Crippen LogP contribution is 2.18. The van der Waals surface area contributed by atoms with Gasteiger partial charge in [0.05, 0.1) is 7.11 Å². The molecule has 0 unspecified atom stereocenters. The fraction of sp³-hybridized carbons (Fsp3) is 0.182. The van der Waals surface area contributed by atoms with Crippen molar-refractivity contribution in [3.05, 3.63) is 35.9 Å². The van der Waals surface area contributed by atoms with Crippen LogP contribution in [0.25, 0.3) is 6.08 Å². The van der Waals surface area contributed by atoms with Gasteiger partial charge in [-0.25, -0.2) is 0 Å². The normalized spacial score (nSPS) is 11.8. The molecule has 0 aromatic heterocycles. The van der Waals surface area contributed by atoms with Crippen LogP contribution in [-0.2, 0) is 4.79 Å². The number of benzene rings is 1. The second kappa shape index (κ2) is 4.83. The van der Waals surface area contributed by atoms with Crippen molar-refractivity contribution in [2.75, 3.05) is 7.11 Å². The highest BCUT2D eigenvalue weighted by molar-refractivity contribution is 5.97. The Morgan fingerprint density at radius 2 is 1.81 bits per heavy atom. The molecule has 0 aliphatic carbocycles. The van der Waals surface area contributed by atoms with Gasteiger partial charge in [0.2, 0.25) is 0 Å². The number of ether oxygens (including phenoxy) is 1. The summed E-state index contributed by atoms with van der Waals surface area (Å²) in [5.74, 6) is -1.28. The van der Waals surface area contributed by atoms with Gasteiger partial charge < -0.3 is 4.74 Å². The van der Waals surface area contributed by atoms with Gasteiger partial charge in [-0.05, 0) is 23.8 Å². The summed E-state index contributed by atoms with van der Waals surface area (Å²) >= 11 is 0. The van der Waals surface area contributed by atoms with Crippen molar-refractivity contribution in [2.45, 2.75) is 6.18 Å². The second-order valence-electron chi connectivity index (χ2n) is 2.97. The first-order valence-corrected chi connectivity index (χ1v) is 4.37. The van der Waals surface area contributed by atoms with Crippen molar-refractivity contribution in [3.8, 4) is 5.75 Å². The van der Waals surface area contributed by atoms with E-state index >= 15 is 0 Å². The van der Waals surface area contributed by atoms with Crippen molar-refractivity contribution < 1.29 is 22.7 Å². The molecule has 1 rings (SSSR count). The number of alkyl halides is 3. The van der Waals surface area contributed by atoms with Crippen molar-refractivity contribution in [3.63, 3.8) is 0 Å². The van der Waals surface area contributed by atoms with Crippen LogP contribution in [0.15, 0.2) is 30.3 Å². The number of carbonyl (C=O) groups excluding carboxylic acids is 1. The average molecular weight is 230 g/mol. The zero-order valence-corrected chi connectivity index (χ0v) is 8.41. The molecular weight excluding hydrogens is 221 g/mol. The zero-order chi connectivity index (χ0) is 12.2. The second-order valence-corrected chi connectivity index (χ2v) is 2.97. The Balaban J connectivity index is 2.73. The molecule has 0 fully saturated rings. The summed E-state index contributed by atoms with van der Waals surface area (Å²) in [6.07, 6.45) is -3.21. The Bertz CT molecular complexity index is 391. The van der Waals surface area contributed by atoms with Crippen molar-refractivity contribution in [1.82, 2.24) is 0 Å². The molecule has 0 saturated heterocycles. The minimum atomic E-state index is -4.82. The summed E-state index contributed by atoms with van der Waals surface area (Å²) in [7, 11) is 1.48. The van der Waals surface area contributed by atoms with Crippen molar-refractivity contribution >= 4 is 11.9 Å². The lowest BCUT2D eigenvalue weighted by Gasteiger charge is -2.00. The van der Waals surface area contributed by atoms with E-state index in [1.807, 2.05) is 0 Å². The molecule has 0 bridgehead atoms. The SMILES string of the molecule is COc1ccc(/C=C\C(=O)C(F)(F)F)cc1. The van der Waals surface area contributed by atoms with Crippen LogP contribution >= 0.6 is 0 Å². The van der Waals surface area contributed by atoms with Gasteiger partial charge in [-0.15, -0.1) is 0 Å². The van der Waals surface area contributed by atoms with Crippen LogP contribution in [0.5, 0.6) is 5.75 Å². The highest BCUT2D eigenvalue weighted by Gasteiger charge is 2.35. The summed E-state index contributed by atoms with van der Waals surface area (Å²) in [6, 6.07) is 6.30. The van der Waals surface area contributed by atoms with E-state index in [-0.39, 0.29) is 0 Å². The number of carbonyl (C=O) groups is 1. The summed E-state index contributed by atoms with van der Waals surface area (Å²) in [5, 5.41) is 0. The largest absolute Gasteiger partial charge is 0.497 e. The smallest absolute Gasteiger partial charge is 0.454 e. The Kier molecular flexibility index (Phi) is 3.71. The Morgan fingerprint density at radius 1 is 1.25 bits per heavy atom. The average Bonchev–Trinajstić information content (AvgIpc) is 2.25. The molecular formula is C11H9F3O2.